The van der Waals surface area contributed by atoms with Crippen molar-refractivity contribution in [3.8, 4) is 0 Å². The van der Waals surface area contributed by atoms with Crippen LogP contribution in [0.3, 0.4) is 0 Å². The number of para-hydroxylation sites is 1. The average molecular weight is 312 g/mol. The first-order chi connectivity index (χ1) is 11.1. The van der Waals surface area contributed by atoms with Gasteiger partial charge in [0.05, 0.1) is 12.6 Å². The second-order valence-electron chi connectivity index (χ2n) is 5.78. The highest BCUT2D eigenvalue weighted by Crippen LogP contribution is 2.15. The zero-order chi connectivity index (χ0) is 16.7. The SMILES string of the molecule is Cc1ccccc1NC(=O)CC(C)NC(CO)c1ccccc1. The summed E-state index contributed by atoms with van der Waals surface area (Å²) in [6.07, 6.45) is 0.345. The number of nitrogens with one attached hydrogen (secondary N) is 2. The van der Waals surface area contributed by atoms with Gasteiger partial charge >= 0.3 is 0 Å². The fourth-order valence-corrected chi connectivity index (χ4v) is 2.53. The van der Waals surface area contributed by atoms with E-state index in [-0.39, 0.29) is 24.6 Å². The van der Waals surface area contributed by atoms with E-state index in [1.54, 1.807) is 0 Å². The lowest BCUT2D eigenvalue weighted by Crippen LogP contribution is -2.35. The molecule has 0 fully saturated rings. The number of aryl methyl sites for hydroxylation is 1. The molecule has 4 heteroatoms. The molecule has 122 valence electrons. The van der Waals surface area contributed by atoms with Crippen molar-refractivity contribution >= 4 is 11.6 Å². The lowest BCUT2D eigenvalue weighted by Gasteiger charge is -2.22. The third-order valence-corrected chi connectivity index (χ3v) is 3.78. The van der Waals surface area contributed by atoms with E-state index in [1.807, 2.05) is 68.4 Å². The van der Waals surface area contributed by atoms with E-state index in [9.17, 15) is 9.90 Å². The van der Waals surface area contributed by atoms with Crippen molar-refractivity contribution in [2.75, 3.05) is 11.9 Å². The fourth-order valence-electron chi connectivity index (χ4n) is 2.53. The molecule has 2 aromatic carbocycles. The van der Waals surface area contributed by atoms with Gasteiger partial charge in [-0.1, -0.05) is 48.5 Å². The highest BCUT2D eigenvalue weighted by atomic mass is 16.3. The molecule has 0 saturated carbocycles. The van der Waals surface area contributed by atoms with Gasteiger partial charge in [-0.3, -0.25) is 4.79 Å². The quantitative estimate of drug-likeness (QED) is 0.736. The second-order valence-corrected chi connectivity index (χ2v) is 5.78. The molecule has 23 heavy (non-hydrogen) atoms. The van der Waals surface area contributed by atoms with Gasteiger partial charge < -0.3 is 15.7 Å². The molecular formula is C19H24N2O2. The smallest absolute Gasteiger partial charge is 0.225 e. The zero-order valence-electron chi connectivity index (χ0n) is 13.6. The number of amides is 1. The molecule has 0 heterocycles. The van der Waals surface area contributed by atoms with Crippen LogP contribution >= 0.6 is 0 Å². The number of anilines is 1. The van der Waals surface area contributed by atoms with Crippen LogP contribution in [0.4, 0.5) is 5.69 Å². The molecule has 4 nitrogen and oxygen atoms in total. The highest BCUT2D eigenvalue weighted by molar-refractivity contribution is 5.91. The van der Waals surface area contributed by atoms with Crippen LogP contribution < -0.4 is 10.6 Å². The minimum Gasteiger partial charge on any atom is -0.394 e. The van der Waals surface area contributed by atoms with Gasteiger partial charge in [0.15, 0.2) is 0 Å². The maximum atomic E-state index is 12.2. The number of hydrogen-bond acceptors (Lipinski definition) is 3. The van der Waals surface area contributed by atoms with Crippen LogP contribution in [0.5, 0.6) is 0 Å². The number of rotatable bonds is 7. The van der Waals surface area contributed by atoms with E-state index >= 15 is 0 Å². The van der Waals surface area contributed by atoms with Gasteiger partial charge in [0.1, 0.15) is 0 Å². The Kier molecular flexibility index (Phi) is 6.32. The number of aliphatic hydroxyl groups is 1. The monoisotopic (exact) mass is 312 g/mol. The molecule has 0 aliphatic rings. The van der Waals surface area contributed by atoms with Crippen molar-refractivity contribution in [1.29, 1.82) is 0 Å². The van der Waals surface area contributed by atoms with E-state index in [0.717, 1.165) is 16.8 Å². The van der Waals surface area contributed by atoms with Gasteiger partial charge in [0.2, 0.25) is 5.91 Å². The largest absolute Gasteiger partial charge is 0.394 e. The van der Waals surface area contributed by atoms with Crippen molar-refractivity contribution in [3.05, 3.63) is 65.7 Å². The van der Waals surface area contributed by atoms with Crippen LogP contribution in [0.15, 0.2) is 54.6 Å². The van der Waals surface area contributed by atoms with E-state index in [1.165, 1.54) is 0 Å². The molecule has 2 aromatic rings. The second kappa shape index (κ2) is 8.46. The zero-order valence-corrected chi connectivity index (χ0v) is 13.6. The Bertz CT molecular complexity index is 628. The summed E-state index contributed by atoms with van der Waals surface area (Å²) in [4.78, 5) is 12.2. The van der Waals surface area contributed by atoms with E-state index < -0.39 is 0 Å². The molecule has 2 atom stereocenters. The molecule has 1 amide bonds. The first-order valence-electron chi connectivity index (χ1n) is 7.87. The topological polar surface area (TPSA) is 61.4 Å². The van der Waals surface area contributed by atoms with Crippen molar-refractivity contribution in [2.45, 2.75) is 32.4 Å². The number of carbonyl (C=O) groups is 1. The molecular weight excluding hydrogens is 288 g/mol. The molecule has 0 spiro atoms. The van der Waals surface area contributed by atoms with Crippen molar-refractivity contribution in [2.24, 2.45) is 0 Å². The molecule has 0 aliphatic heterocycles. The normalized spacial score (nSPS) is 13.3. The third-order valence-electron chi connectivity index (χ3n) is 3.78. The lowest BCUT2D eigenvalue weighted by molar-refractivity contribution is -0.116. The lowest BCUT2D eigenvalue weighted by atomic mass is 10.1. The summed E-state index contributed by atoms with van der Waals surface area (Å²) in [5, 5.41) is 15.8. The van der Waals surface area contributed by atoms with Gasteiger partial charge in [0, 0.05) is 18.2 Å². The van der Waals surface area contributed by atoms with Crippen molar-refractivity contribution in [1.82, 2.24) is 5.32 Å². The Balaban J connectivity index is 1.89. The summed E-state index contributed by atoms with van der Waals surface area (Å²) in [7, 11) is 0. The van der Waals surface area contributed by atoms with E-state index in [2.05, 4.69) is 10.6 Å². The van der Waals surface area contributed by atoms with E-state index in [4.69, 9.17) is 0 Å². The predicted molar refractivity (Wildman–Crippen MR) is 93.3 cm³/mol. The van der Waals surface area contributed by atoms with E-state index in [0.29, 0.717) is 6.42 Å². The average Bonchev–Trinajstić information content (AvgIpc) is 2.55. The van der Waals surface area contributed by atoms with Crippen molar-refractivity contribution in [3.63, 3.8) is 0 Å². The first-order valence-corrected chi connectivity index (χ1v) is 7.87. The molecule has 3 N–H and O–H groups in total. The van der Waals surface area contributed by atoms with Crippen LogP contribution in [0.25, 0.3) is 0 Å². The summed E-state index contributed by atoms with van der Waals surface area (Å²) >= 11 is 0. The minimum atomic E-state index is -0.169. The number of benzene rings is 2. The number of aliphatic hydroxyl groups excluding tert-OH is 1. The van der Waals surface area contributed by atoms with Crippen LogP contribution in [-0.4, -0.2) is 23.7 Å². The van der Waals surface area contributed by atoms with Gasteiger partial charge in [-0.05, 0) is 31.0 Å². The van der Waals surface area contributed by atoms with Crippen LogP contribution in [0.1, 0.15) is 30.5 Å². The molecule has 0 aliphatic carbocycles. The summed E-state index contributed by atoms with van der Waals surface area (Å²) in [5.74, 6) is -0.0379. The summed E-state index contributed by atoms with van der Waals surface area (Å²) < 4.78 is 0. The van der Waals surface area contributed by atoms with Crippen LogP contribution in [0.2, 0.25) is 0 Å². The maximum Gasteiger partial charge on any atom is 0.225 e. The number of carbonyl (C=O) groups excluding carboxylic acids is 1. The maximum absolute atomic E-state index is 12.2. The van der Waals surface area contributed by atoms with Gasteiger partial charge in [-0.25, -0.2) is 0 Å². The minimum absolute atomic E-state index is 0.00618. The Labute approximate surface area is 137 Å². The Morgan fingerprint density at radius 3 is 2.39 bits per heavy atom. The predicted octanol–water partition coefficient (Wildman–Crippen LogP) is 3.04. The Morgan fingerprint density at radius 1 is 1.09 bits per heavy atom. The molecule has 0 radical (unpaired) electrons. The molecule has 0 saturated heterocycles. The third kappa shape index (κ3) is 5.20. The van der Waals surface area contributed by atoms with Crippen molar-refractivity contribution < 1.29 is 9.90 Å². The van der Waals surface area contributed by atoms with Gasteiger partial charge in [0.25, 0.3) is 0 Å². The van der Waals surface area contributed by atoms with Gasteiger partial charge in [-0.15, -0.1) is 0 Å². The van der Waals surface area contributed by atoms with Crippen LogP contribution in [0, 0.1) is 6.92 Å². The summed E-state index contributed by atoms with van der Waals surface area (Å²) in [6, 6.07) is 17.3. The Morgan fingerprint density at radius 2 is 1.74 bits per heavy atom. The fraction of sp³-hybridized carbons (Fsp3) is 0.316. The molecule has 0 aromatic heterocycles. The Hall–Kier alpha value is -2.17. The highest BCUT2D eigenvalue weighted by Gasteiger charge is 2.16. The summed E-state index contributed by atoms with van der Waals surface area (Å²) in [6.45, 7) is 3.91. The summed E-state index contributed by atoms with van der Waals surface area (Å²) in [5.41, 5.74) is 2.90. The first kappa shape index (κ1) is 17.2. The standard InChI is InChI=1S/C19H24N2O2/c1-14-8-6-7-11-17(14)21-19(23)12-15(2)20-18(13-22)16-9-4-3-5-10-16/h3-11,15,18,20,22H,12-13H2,1-2H3,(H,21,23). The molecule has 0 bridgehead atoms. The molecule has 2 unspecified atom stereocenters. The molecule has 2 rings (SSSR count). The van der Waals surface area contributed by atoms with Crippen LogP contribution in [-0.2, 0) is 4.79 Å². The number of hydrogen-bond donors (Lipinski definition) is 3. The van der Waals surface area contributed by atoms with Gasteiger partial charge in [-0.2, -0.15) is 0 Å².